The second kappa shape index (κ2) is 6.73. The zero-order valence-corrected chi connectivity index (χ0v) is 15.3. The van der Waals surface area contributed by atoms with Crippen LogP contribution in [-0.4, -0.2) is 20.7 Å². The summed E-state index contributed by atoms with van der Waals surface area (Å²) in [6, 6.07) is 6.15. The number of hydrogen-bond donors (Lipinski definition) is 1. The molecule has 126 valence electrons. The van der Waals surface area contributed by atoms with E-state index in [0.29, 0.717) is 12.2 Å². The minimum Gasteiger partial charge on any atom is -0.311 e. The fourth-order valence-electron chi connectivity index (χ4n) is 2.73. The van der Waals surface area contributed by atoms with E-state index in [2.05, 4.69) is 43.3 Å². The van der Waals surface area contributed by atoms with E-state index in [-0.39, 0.29) is 5.91 Å². The summed E-state index contributed by atoms with van der Waals surface area (Å²) < 4.78 is 2.87. The average molecular weight is 342 g/mol. The normalized spacial score (nSPS) is 11.2. The average Bonchev–Trinajstić information content (AvgIpc) is 3.08. The number of carbonyl (C=O) groups is 1. The molecule has 0 saturated carbocycles. The van der Waals surface area contributed by atoms with Crippen LogP contribution in [0.5, 0.6) is 0 Å². The first-order chi connectivity index (χ1) is 11.5. The van der Waals surface area contributed by atoms with Gasteiger partial charge in [0.05, 0.1) is 15.9 Å². The van der Waals surface area contributed by atoms with Crippen LogP contribution >= 0.6 is 11.3 Å². The van der Waals surface area contributed by atoms with E-state index < -0.39 is 0 Å². The Morgan fingerprint density at radius 1 is 1.25 bits per heavy atom. The molecule has 24 heavy (non-hydrogen) atoms. The van der Waals surface area contributed by atoms with Gasteiger partial charge in [-0.3, -0.25) is 4.79 Å². The standard InChI is InChI=1S/C18H22N4OS/c1-5-6-7-16(23)19-15-10-13(4)21-22(15)18-20-17-12(3)8-11(2)9-14(17)24-18/h8-10H,5-7H2,1-4H3,(H,19,23). The third-order valence-corrected chi connectivity index (χ3v) is 4.83. The lowest BCUT2D eigenvalue weighted by Crippen LogP contribution is -2.14. The highest BCUT2D eigenvalue weighted by molar-refractivity contribution is 7.20. The van der Waals surface area contributed by atoms with Crippen LogP contribution in [-0.2, 0) is 4.79 Å². The van der Waals surface area contributed by atoms with E-state index in [0.717, 1.165) is 39.4 Å². The molecular formula is C18H22N4OS. The second-order valence-corrected chi connectivity index (χ2v) is 7.17. The maximum Gasteiger partial charge on any atom is 0.225 e. The molecule has 0 fully saturated rings. The lowest BCUT2D eigenvalue weighted by Gasteiger charge is -2.05. The number of carbonyl (C=O) groups excluding carboxylic acids is 1. The zero-order valence-electron chi connectivity index (χ0n) is 14.5. The molecule has 1 aromatic carbocycles. The summed E-state index contributed by atoms with van der Waals surface area (Å²) >= 11 is 1.59. The Balaban J connectivity index is 1.97. The van der Waals surface area contributed by atoms with Crippen molar-refractivity contribution in [1.29, 1.82) is 0 Å². The van der Waals surface area contributed by atoms with Crippen molar-refractivity contribution in [2.75, 3.05) is 5.32 Å². The Morgan fingerprint density at radius 3 is 2.79 bits per heavy atom. The van der Waals surface area contributed by atoms with Gasteiger partial charge in [0.15, 0.2) is 0 Å². The van der Waals surface area contributed by atoms with Crippen molar-refractivity contribution >= 4 is 33.3 Å². The molecule has 6 heteroatoms. The molecule has 1 amide bonds. The third kappa shape index (κ3) is 3.33. The number of anilines is 1. The molecule has 2 aromatic heterocycles. The summed E-state index contributed by atoms with van der Waals surface area (Å²) in [7, 11) is 0. The molecule has 0 unspecified atom stereocenters. The van der Waals surface area contributed by atoms with Crippen molar-refractivity contribution in [3.63, 3.8) is 0 Å². The van der Waals surface area contributed by atoms with Gasteiger partial charge in [0, 0.05) is 12.5 Å². The Labute approximate surface area is 145 Å². The number of benzene rings is 1. The number of hydrogen-bond acceptors (Lipinski definition) is 4. The number of amides is 1. The van der Waals surface area contributed by atoms with E-state index in [4.69, 9.17) is 4.98 Å². The molecule has 0 atom stereocenters. The van der Waals surface area contributed by atoms with Crippen LogP contribution in [0, 0.1) is 20.8 Å². The van der Waals surface area contributed by atoms with Crippen molar-refractivity contribution in [2.45, 2.75) is 47.0 Å². The van der Waals surface area contributed by atoms with Gasteiger partial charge in [0.1, 0.15) is 5.82 Å². The summed E-state index contributed by atoms with van der Waals surface area (Å²) in [6.45, 7) is 8.15. The number of nitrogens with one attached hydrogen (secondary N) is 1. The summed E-state index contributed by atoms with van der Waals surface area (Å²) in [5.41, 5.74) is 4.23. The number of aryl methyl sites for hydroxylation is 3. The molecule has 0 radical (unpaired) electrons. The predicted octanol–water partition coefficient (Wildman–Crippen LogP) is 4.54. The molecule has 0 aliphatic carbocycles. The number of thiazole rings is 1. The Kier molecular flexibility index (Phi) is 4.66. The molecule has 0 aliphatic rings. The Morgan fingerprint density at radius 2 is 2.04 bits per heavy atom. The molecule has 3 aromatic rings. The maximum absolute atomic E-state index is 12.1. The molecule has 3 rings (SSSR count). The lowest BCUT2D eigenvalue weighted by atomic mass is 10.1. The number of fused-ring (bicyclic) bond motifs is 1. The first kappa shape index (κ1) is 16.6. The molecule has 5 nitrogen and oxygen atoms in total. The van der Waals surface area contributed by atoms with Gasteiger partial charge in [-0.05, 0) is 44.4 Å². The second-order valence-electron chi connectivity index (χ2n) is 6.16. The van der Waals surface area contributed by atoms with Crippen LogP contribution in [0.25, 0.3) is 15.3 Å². The van der Waals surface area contributed by atoms with Crippen molar-refractivity contribution < 1.29 is 4.79 Å². The number of rotatable bonds is 5. The quantitative estimate of drug-likeness (QED) is 0.741. The molecule has 1 N–H and O–H groups in total. The first-order valence-corrected chi connectivity index (χ1v) is 9.04. The molecule has 0 saturated heterocycles. The highest BCUT2D eigenvalue weighted by Gasteiger charge is 2.15. The maximum atomic E-state index is 12.1. The highest BCUT2D eigenvalue weighted by Crippen LogP contribution is 2.30. The lowest BCUT2D eigenvalue weighted by molar-refractivity contribution is -0.116. The van der Waals surface area contributed by atoms with Crippen LogP contribution in [0.1, 0.15) is 43.0 Å². The van der Waals surface area contributed by atoms with Gasteiger partial charge >= 0.3 is 0 Å². The summed E-state index contributed by atoms with van der Waals surface area (Å²) in [4.78, 5) is 16.8. The van der Waals surface area contributed by atoms with E-state index in [1.807, 2.05) is 13.0 Å². The monoisotopic (exact) mass is 342 g/mol. The van der Waals surface area contributed by atoms with Gasteiger partial charge in [0.2, 0.25) is 11.0 Å². The molecule has 2 heterocycles. The Bertz CT molecular complexity index is 894. The summed E-state index contributed by atoms with van der Waals surface area (Å²) in [5.74, 6) is 0.702. The van der Waals surface area contributed by atoms with E-state index >= 15 is 0 Å². The summed E-state index contributed by atoms with van der Waals surface area (Å²) in [6.07, 6.45) is 2.42. The molecule has 0 bridgehead atoms. The van der Waals surface area contributed by atoms with Crippen LogP contribution < -0.4 is 5.32 Å². The van der Waals surface area contributed by atoms with Crippen LogP contribution in [0.4, 0.5) is 5.82 Å². The summed E-state index contributed by atoms with van der Waals surface area (Å²) in [5, 5.41) is 8.25. The van der Waals surface area contributed by atoms with E-state index in [1.165, 1.54) is 5.56 Å². The zero-order chi connectivity index (χ0) is 17.3. The van der Waals surface area contributed by atoms with Crippen molar-refractivity contribution in [2.24, 2.45) is 0 Å². The Hall–Kier alpha value is -2.21. The number of unbranched alkanes of at least 4 members (excludes halogenated alkanes) is 1. The minimum absolute atomic E-state index is 0.0196. The topological polar surface area (TPSA) is 59.8 Å². The van der Waals surface area contributed by atoms with Gasteiger partial charge in [0.25, 0.3) is 0 Å². The highest BCUT2D eigenvalue weighted by atomic mass is 32.1. The molecular weight excluding hydrogens is 320 g/mol. The van der Waals surface area contributed by atoms with E-state index in [1.54, 1.807) is 16.0 Å². The van der Waals surface area contributed by atoms with E-state index in [9.17, 15) is 4.79 Å². The molecule has 0 spiro atoms. The SMILES string of the molecule is CCCCC(=O)Nc1cc(C)nn1-c1nc2c(C)cc(C)cc2s1. The van der Waals surface area contributed by atoms with Crippen LogP contribution in [0.15, 0.2) is 18.2 Å². The fraction of sp³-hybridized carbons (Fsp3) is 0.389. The smallest absolute Gasteiger partial charge is 0.225 e. The fourth-order valence-corrected chi connectivity index (χ4v) is 3.83. The number of nitrogens with zero attached hydrogens (tertiary/aromatic N) is 3. The predicted molar refractivity (Wildman–Crippen MR) is 99.1 cm³/mol. The van der Waals surface area contributed by atoms with Crippen molar-refractivity contribution in [3.8, 4) is 5.13 Å². The minimum atomic E-state index is 0.0196. The van der Waals surface area contributed by atoms with Gasteiger partial charge in [-0.25, -0.2) is 4.98 Å². The van der Waals surface area contributed by atoms with Crippen LogP contribution in [0.2, 0.25) is 0 Å². The third-order valence-electron chi connectivity index (χ3n) is 3.86. The largest absolute Gasteiger partial charge is 0.311 e. The van der Waals surface area contributed by atoms with Gasteiger partial charge in [-0.2, -0.15) is 9.78 Å². The van der Waals surface area contributed by atoms with Gasteiger partial charge < -0.3 is 5.32 Å². The first-order valence-electron chi connectivity index (χ1n) is 8.22. The van der Waals surface area contributed by atoms with Gasteiger partial charge in [-0.1, -0.05) is 30.7 Å². The van der Waals surface area contributed by atoms with Crippen LogP contribution in [0.3, 0.4) is 0 Å². The molecule has 0 aliphatic heterocycles. The van der Waals surface area contributed by atoms with Gasteiger partial charge in [-0.15, -0.1) is 0 Å². The van der Waals surface area contributed by atoms with Crippen molar-refractivity contribution in [1.82, 2.24) is 14.8 Å². The van der Waals surface area contributed by atoms with Crippen molar-refractivity contribution in [3.05, 3.63) is 35.0 Å². The number of aromatic nitrogens is 3.